The molecule has 2 atom stereocenters. The van der Waals surface area contributed by atoms with Crippen molar-refractivity contribution in [2.75, 3.05) is 27.7 Å². The fourth-order valence-corrected chi connectivity index (χ4v) is 5.59. The van der Waals surface area contributed by atoms with Crippen molar-refractivity contribution < 1.29 is 14.2 Å². The molecule has 0 bridgehead atoms. The van der Waals surface area contributed by atoms with Gasteiger partial charge >= 0.3 is 0 Å². The fourth-order valence-electron chi connectivity index (χ4n) is 5.47. The topological polar surface area (TPSA) is 45.6 Å². The molecule has 1 aromatic heterocycles. The van der Waals surface area contributed by atoms with Crippen molar-refractivity contribution >= 4 is 22.4 Å². The minimum atomic E-state index is -1.36. The molecule has 5 rings (SSSR count). The van der Waals surface area contributed by atoms with Crippen LogP contribution in [0, 0.1) is 5.82 Å². The first-order chi connectivity index (χ1) is 19.3. The Kier molecular flexibility index (Phi) is 8.17. The summed E-state index contributed by atoms with van der Waals surface area (Å²) in [5.41, 5.74) is 2.41. The van der Waals surface area contributed by atoms with Crippen LogP contribution in [-0.2, 0) is 5.60 Å². The molecule has 0 aliphatic carbocycles. The SMILES string of the molecule is COc1ncc(-c2ccc(Cl)c(F)c2)cc1C(c1ccccc1)C(O)(CCN(C)C)c1cccc2ccccc12. The first kappa shape index (κ1) is 27.8. The Morgan fingerprint density at radius 2 is 1.65 bits per heavy atom. The number of fused-ring (bicyclic) bond motifs is 1. The number of pyridine rings is 1. The van der Waals surface area contributed by atoms with Gasteiger partial charge in [0.15, 0.2) is 0 Å². The standard InChI is InChI=1S/C34H32ClFN2O2/c1-38(2)19-18-34(39,29-15-9-13-23-10-7-8-14-27(23)29)32(24-11-5-4-6-12-24)28-20-26(22-37-33(28)40-3)25-16-17-30(35)31(36)21-25/h4-17,20-22,32,39H,18-19H2,1-3H3. The zero-order valence-corrected chi connectivity index (χ0v) is 23.6. The van der Waals surface area contributed by atoms with Crippen LogP contribution < -0.4 is 4.74 Å². The lowest BCUT2D eigenvalue weighted by molar-refractivity contribution is 0.00517. The Balaban J connectivity index is 1.80. The largest absolute Gasteiger partial charge is 0.481 e. The highest BCUT2D eigenvalue weighted by atomic mass is 35.5. The zero-order chi connectivity index (χ0) is 28.3. The number of aromatic nitrogens is 1. The molecule has 4 nitrogen and oxygen atoms in total. The number of rotatable bonds is 9. The van der Waals surface area contributed by atoms with Crippen molar-refractivity contribution in [3.05, 3.63) is 131 Å². The average molecular weight is 555 g/mol. The lowest BCUT2D eigenvalue weighted by Gasteiger charge is -2.39. The van der Waals surface area contributed by atoms with Crippen LogP contribution in [0.15, 0.2) is 103 Å². The predicted molar refractivity (Wildman–Crippen MR) is 160 cm³/mol. The predicted octanol–water partition coefficient (Wildman–Crippen LogP) is 7.67. The summed E-state index contributed by atoms with van der Waals surface area (Å²) in [4.78, 5) is 6.71. The van der Waals surface area contributed by atoms with Crippen molar-refractivity contribution in [2.45, 2.75) is 17.9 Å². The second-order valence-electron chi connectivity index (χ2n) is 10.3. The van der Waals surface area contributed by atoms with E-state index in [0.29, 0.717) is 35.5 Å². The Morgan fingerprint density at radius 1 is 0.925 bits per heavy atom. The Labute approximate surface area is 239 Å². The molecule has 0 spiro atoms. The summed E-state index contributed by atoms with van der Waals surface area (Å²) in [5.74, 6) is -0.663. The number of hydrogen-bond donors (Lipinski definition) is 1. The molecule has 5 aromatic rings. The summed E-state index contributed by atoms with van der Waals surface area (Å²) >= 11 is 5.97. The van der Waals surface area contributed by atoms with Crippen molar-refractivity contribution in [3.8, 4) is 17.0 Å². The van der Waals surface area contributed by atoms with Crippen LogP contribution in [0.25, 0.3) is 21.9 Å². The first-order valence-electron chi connectivity index (χ1n) is 13.2. The number of aliphatic hydroxyl groups is 1. The molecule has 0 amide bonds. The lowest BCUT2D eigenvalue weighted by Crippen LogP contribution is -2.38. The summed E-state index contributed by atoms with van der Waals surface area (Å²) < 4.78 is 20.2. The third-order valence-corrected chi connectivity index (χ3v) is 7.75. The van der Waals surface area contributed by atoms with E-state index in [4.69, 9.17) is 16.3 Å². The van der Waals surface area contributed by atoms with E-state index in [1.54, 1.807) is 19.4 Å². The van der Waals surface area contributed by atoms with Gasteiger partial charge in [0.25, 0.3) is 0 Å². The monoisotopic (exact) mass is 554 g/mol. The molecule has 2 unspecified atom stereocenters. The second kappa shape index (κ2) is 11.8. The summed E-state index contributed by atoms with van der Waals surface area (Å²) in [6.07, 6.45) is 2.10. The van der Waals surface area contributed by atoms with E-state index in [-0.39, 0.29) is 5.02 Å². The highest BCUT2D eigenvalue weighted by molar-refractivity contribution is 6.30. The summed E-state index contributed by atoms with van der Waals surface area (Å²) in [6, 6.07) is 30.7. The summed E-state index contributed by atoms with van der Waals surface area (Å²) in [6.45, 7) is 0.640. The van der Waals surface area contributed by atoms with Crippen LogP contribution in [0.3, 0.4) is 0 Å². The van der Waals surface area contributed by atoms with Crippen LogP contribution in [0.5, 0.6) is 5.88 Å². The number of hydrogen-bond acceptors (Lipinski definition) is 4. The number of halogens is 2. The van der Waals surface area contributed by atoms with Gasteiger partial charge in [-0.3, -0.25) is 0 Å². The van der Waals surface area contributed by atoms with Gasteiger partial charge in [-0.2, -0.15) is 0 Å². The molecule has 0 aliphatic heterocycles. The van der Waals surface area contributed by atoms with Crippen LogP contribution >= 0.6 is 11.6 Å². The van der Waals surface area contributed by atoms with Gasteiger partial charge in [0.1, 0.15) is 11.4 Å². The highest BCUT2D eigenvalue weighted by Gasteiger charge is 2.43. The maximum absolute atomic E-state index is 14.4. The number of nitrogens with zero attached hydrogens (tertiary/aromatic N) is 2. The number of ether oxygens (including phenoxy) is 1. The molecular weight excluding hydrogens is 523 g/mol. The number of benzene rings is 4. The second-order valence-corrected chi connectivity index (χ2v) is 10.7. The molecule has 204 valence electrons. The van der Waals surface area contributed by atoms with Gasteiger partial charge < -0.3 is 14.7 Å². The fraction of sp³-hybridized carbons (Fsp3) is 0.206. The number of methoxy groups -OCH3 is 1. The van der Waals surface area contributed by atoms with E-state index < -0.39 is 17.3 Å². The van der Waals surface area contributed by atoms with Crippen molar-refractivity contribution in [1.82, 2.24) is 9.88 Å². The smallest absolute Gasteiger partial charge is 0.217 e. The molecule has 0 saturated heterocycles. The summed E-state index contributed by atoms with van der Waals surface area (Å²) in [7, 11) is 5.57. The molecule has 1 N–H and O–H groups in total. The molecule has 0 fully saturated rings. The first-order valence-corrected chi connectivity index (χ1v) is 13.6. The van der Waals surface area contributed by atoms with Crippen LogP contribution in [0.2, 0.25) is 5.02 Å². The minimum absolute atomic E-state index is 0.0571. The van der Waals surface area contributed by atoms with Crippen molar-refractivity contribution in [2.24, 2.45) is 0 Å². The summed E-state index contributed by atoms with van der Waals surface area (Å²) in [5, 5.41) is 15.2. The van der Waals surface area contributed by atoms with Gasteiger partial charge in [0, 0.05) is 29.8 Å². The van der Waals surface area contributed by atoms with Gasteiger partial charge in [-0.25, -0.2) is 9.37 Å². The Morgan fingerprint density at radius 3 is 2.38 bits per heavy atom. The Bertz CT molecular complexity index is 1620. The van der Waals surface area contributed by atoms with Gasteiger partial charge in [0.05, 0.1) is 12.1 Å². The normalized spacial score (nSPS) is 13.8. The van der Waals surface area contributed by atoms with Crippen molar-refractivity contribution in [3.63, 3.8) is 0 Å². The lowest BCUT2D eigenvalue weighted by atomic mass is 9.70. The molecular formula is C34H32ClFN2O2. The highest BCUT2D eigenvalue weighted by Crippen LogP contribution is 2.49. The van der Waals surface area contributed by atoms with Crippen molar-refractivity contribution in [1.29, 1.82) is 0 Å². The zero-order valence-electron chi connectivity index (χ0n) is 22.8. The maximum Gasteiger partial charge on any atom is 0.217 e. The van der Waals surface area contributed by atoms with Crippen LogP contribution in [0.1, 0.15) is 29.0 Å². The van der Waals surface area contributed by atoms with Gasteiger partial charge in [-0.1, -0.05) is 90.5 Å². The molecule has 4 aromatic carbocycles. The van der Waals surface area contributed by atoms with E-state index in [0.717, 1.165) is 21.9 Å². The molecule has 0 radical (unpaired) electrons. The van der Waals surface area contributed by atoms with E-state index in [1.807, 2.05) is 74.8 Å². The minimum Gasteiger partial charge on any atom is -0.481 e. The van der Waals surface area contributed by atoms with Gasteiger partial charge in [-0.15, -0.1) is 0 Å². The van der Waals surface area contributed by atoms with E-state index >= 15 is 0 Å². The molecule has 1 heterocycles. The third-order valence-electron chi connectivity index (χ3n) is 7.44. The molecule has 6 heteroatoms. The van der Waals surface area contributed by atoms with Crippen LogP contribution in [0.4, 0.5) is 4.39 Å². The molecule has 0 aliphatic rings. The quantitative estimate of drug-likeness (QED) is 0.203. The van der Waals surface area contributed by atoms with Crippen LogP contribution in [-0.4, -0.2) is 42.7 Å². The Hall–Kier alpha value is -3.77. The van der Waals surface area contributed by atoms with E-state index in [2.05, 4.69) is 28.1 Å². The average Bonchev–Trinajstić information content (AvgIpc) is 2.98. The molecule has 40 heavy (non-hydrogen) atoms. The van der Waals surface area contributed by atoms with E-state index in [1.165, 1.54) is 12.1 Å². The molecule has 0 saturated carbocycles. The van der Waals surface area contributed by atoms with Gasteiger partial charge in [0.2, 0.25) is 5.88 Å². The van der Waals surface area contributed by atoms with E-state index in [9.17, 15) is 9.50 Å². The maximum atomic E-state index is 14.4. The van der Waals surface area contributed by atoms with Gasteiger partial charge in [-0.05, 0) is 66.2 Å². The third kappa shape index (κ3) is 5.46.